The fraction of sp³-hybridized carbons (Fsp3) is 0.571. The second-order valence-electron chi connectivity index (χ2n) is 5.54. The predicted octanol–water partition coefficient (Wildman–Crippen LogP) is 2.98. The van der Waals surface area contributed by atoms with Crippen LogP contribution in [0.15, 0.2) is 23.1 Å². The maximum Gasteiger partial charge on any atom is 0.417 e. The summed E-state index contributed by atoms with van der Waals surface area (Å²) >= 11 is 5.82. The van der Waals surface area contributed by atoms with Gasteiger partial charge >= 0.3 is 6.18 Å². The summed E-state index contributed by atoms with van der Waals surface area (Å²) in [7, 11) is -2.55. The van der Waals surface area contributed by atoms with Gasteiger partial charge in [-0.15, -0.1) is 0 Å². The van der Waals surface area contributed by atoms with E-state index in [0.717, 1.165) is 22.9 Å². The Labute approximate surface area is 138 Å². The Bertz CT molecular complexity index is 662. The minimum atomic E-state index is -4.78. The quantitative estimate of drug-likeness (QED) is 0.886. The molecule has 1 heterocycles. The van der Waals surface area contributed by atoms with Crippen molar-refractivity contribution >= 4 is 21.6 Å². The fourth-order valence-electron chi connectivity index (χ4n) is 2.82. The van der Waals surface area contributed by atoms with Gasteiger partial charge in [0.2, 0.25) is 10.0 Å². The van der Waals surface area contributed by atoms with Crippen molar-refractivity contribution in [2.75, 3.05) is 26.7 Å². The van der Waals surface area contributed by atoms with E-state index in [0.29, 0.717) is 13.0 Å². The monoisotopic (exact) mass is 370 g/mol. The van der Waals surface area contributed by atoms with Crippen molar-refractivity contribution in [1.29, 1.82) is 0 Å². The number of hydrogen-bond donors (Lipinski definition) is 1. The lowest BCUT2D eigenvalue weighted by molar-refractivity contribution is -0.139. The van der Waals surface area contributed by atoms with Gasteiger partial charge in [-0.3, -0.25) is 0 Å². The number of piperidine rings is 1. The molecule has 1 fully saturated rings. The molecule has 1 unspecified atom stereocenters. The lowest BCUT2D eigenvalue weighted by atomic mass is 10.00. The lowest BCUT2D eigenvalue weighted by Gasteiger charge is -2.32. The molecular weight excluding hydrogens is 353 g/mol. The van der Waals surface area contributed by atoms with Crippen LogP contribution < -0.4 is 5.32 Å². The van der Waals surface area contributed by atoms with E-state index >= 15 is 0 Å². The van der Waals surface area contributed by atoms with Crippen molar-refractivity contribution in [2.45, 2.75) is 23.9 Å². The van der Waals surface area contributed by atoms with E-state index in [4.69, 9.17) is 11.6 Å². The van der Waals surface area contributed by atoms with Crippen molar-refractivity contribution in [1.82, 2.24) is 9.62 Å². The van der Waals surface area contributed by atoms with Crippen molar-refractivity contribution in [2.24, 2.45) is 5.92 Å². The van der Waals surface area contributed by atoms with Gasteiger partial charge in [-0.05, 0) is 44.5 Å². The number of rotatable bonds is 4. The van der Waals surface area contributed by atoms with Gasteiger partial charge in [-0.1, -0.05) is 17.7 Å². The van der Waals surface area contributed by atoms with E-state index in [-0.39, 0.29) is 19.0 Å². The minimum Gasteiger partial charge on any atom is -0.319 e. The average molecular weight is 371 g/mol. The van der Waals surface area contributed by atoms with E-state index in [1.165, 1.54) is 6.07 Å². The largest absolute Gasteiger partial charge is 0.417 e. The normalized spacial score (nSPS) is 20.7. The first kappa shape index (κ1) is 18.5. The number of sulfonamides is 1. The van der Waals surface area contributed by atoms with Crippen LogP contribution in [0.25, 0.3) is 0 Å². The van der Waals surface area contributed by atoms with E-state index in [1.807, 2.05) is 0 Å². The maximum absolute atomic E-state index is 13.2. The van der Waals surface area contributed by atoms with Crippen molar-refractivity contribution in [3.8, 4) is 0 Å². The average Bonchev–Trinajstić information content (AvgIpc) is 2.46. The standard InChI is InChI=1S/C14H18ClF3N2O2S/c1-19-8-10-4-3-7-20(9-10)23(21,22)13-11(14(16,17)18)5-2-6-12(13)15/h2,5-6,10,19H,3-4,7-9H2,1H3. The van der Waals surface area contributed by atoms with Gasteiger partial charge in [0, 0.05) is 13.1 Å². The SMILES string of the molecule is CNCC1CCCN(S(=O)(=O)c2c(Cl)cccc2C(F)(F)F)C1. The molecule has 130 valence electrons. The third kappa shape index (κ3) is 3.99. The summed E-state index contributed by atoms with van der Waals surface area (Å²) in [6.45, 7) is 0.997. The molecule has 0 aromatic heterocycles. The summed E-state index contributed by atoms with van der Waals surface area (Å²) in [5.41, 5.74) is -1.22. The molecule has 2 rings (SSSR count). The highest BCUT2D eigenvalue weighted by Gasteiger charge is 2.41. The van der Waals surface area contributed by atoms with E-state index in [9.17, 15) is 21.6 Å². The molecule has 1 saturated heterocycles. The molecular formula is C14H18ClF3N2O2S. The first-order chi connectivity index (χ1) is 10.7. The third-order valence-electron chi connectivity index (χ3n) is 3.84. The Kier molecular flexibility index (Phi) is 5.60. The Morgan fingerprint density at radius 3 is 2.70 bits per heavy atom. The van der Waals surface area contributed by atoms with Crippen LogP contribution in [-0.2, 0) is 16.2 Å². The Morgan fingerprint density at radius 2 is 2.09 bits per heavy atom. The summed E-state index contributed by atoms with van der Waals surface area (Å²) < 4.78 is 66.1. The molecule has 1 aliphatic heterocycles. The molecule has 1 aromatic rings. The molecule has 0 bridgehead atoms. The van der Waals surface area contributed by atoms with Gasteiger partial charge in [0.15, 0.2) is 0 Å². The van der Waals surface area contributed by atoms with Gasteiger partial charge in [-0.2, -0.15) is 17.5 Å². The molecule has 9 heteroatoms. The van der Waals surface area contributed by atoms with Crippen LogP contribution in [-0.4, -0.2) is 39.4 Å². The zero-order valence-corrected chi connectivity index (χ0v) is 14.1. The number of halogens is 4. The molecule has 23 heavy (non-hydrogen) atoms. The third-order valence-corrected chi connectivity index (χ3v) is 6.24. The summed E-state index contributed by atoms with van der Waals surface area (Å²) in [4.78, 5) is -0.848. The second kappa shape index (κ2) is 6.96. The molecule has 4 nitrogen and oxygen atoms in total. The molecule has 0 aliphatic carbocycles. The highest BCUT2D eigenvalue weighted by Crippen LogP contribution is 2.39. The highest BCUT2D eigenvalue weighted by molar-refractivity contribution is 7.89. The molecule has 0 amide bonds. The zero-order valence-electron chi connectivity index (χ0n) is 12.5. The number of alkyl halides is 3. The summed E-state index contributed by atoms with van der Waals surface area (Å²) in [5, 5.41) is 2.56. The van der Waals surface area contributed by atoms with Crippen LogP contribution in [0.4, 0.5) is 13.2 Å². The van der Waals surface area contributed by atoms with E-state index in [1.54, 1.807) is 7.05 Å². The van der Waals surface area contributed by atoms with Crippen LogP contribution >= 0.6 is 11.6 Å². The van der Waals surface area contributed by atoms with Gasteiger partial charge in [0.1, 0.15) is 4.90 Å². The van der Waals surface area contributed by atoms with Crippen LogP contribution in [0.3, 0.4) is 0 Å². The number of benzene rings is 1. The van der Waals surface area contributed by atoms with Crippen molar-refractivity contribution in [3.63, 3.8) is 0 Å². The van der Waals surface area contributed by atoms with Crippen LogP contribution in [0.5, 0.6) is 0 Å². The first-order valence-corrected chi connectivity index (χ1v) is 9.00. The molecule has 1 aliphatic rings. The summed E-state index contributed by atoms with van der Waals surface area (Å²) in [6, 6.07) is 3.01. The van der Waals surface area contributed by atoms with Crippen LogP contribution in [0.1, 0.15) is 18.4 Å². The van der Waals surface area contributed by atoms with E-state index < -0.39 is 31.7 Å². The van der Waals surface area contributed by atoms with Crippen molar-refractivity contribution in [3.05, 3.63) is 28.8 Å². The molecule has 0 saturated carbocycles. The Hall–Kier alpha value is -0.830. The van der Waals surface area contributed by atoms with E-state index in [2.05, 4.69) is 5.32 Å². The minimum absolute atomic E-state index is 0.0698. The van der Waals surface area contributed by atoms with Gasteiger partial charge in [0.05, 0.1) is 10.6 Å². The van der Waals surface area contributed by atoms with Gasteiger partial charge in [0.25, 0.3) is 0 Å². The number of hydrogen-bond acceptors (Lipinski definition) is 3. The number of nitrogens with zero attached hydrogens (tertiary/aromatic N) is 1. The first-order valence-electron chi connectivity index (χ1n) is 7.18. The molecule has 1 atom stereocenters. The molecule has 1 aromatic carbocycles. The van der Waals surface area contributed by atoms with Crippen LogP contribution in [0, 0.1) is 5.92 Å². The highest BCUT2D eigenvalue weighted by atomic mass is 35.5. The fourth-order valence-corrected chi connectivity index (χ4v) is 5.10. The zero-order chi connectivity index (χ0) is 17.3. The maximum atomic E-state index is 13.2. The smallest absolute Gasteiger partial charge is 0.319 e. The van der Waals surface area contributed by atoms with Gasteiger partial charge in [-0.25, -0.2) is 8.42 Å². The second-order valence-corrected chi connectivity index (χ2v) is 7.83. The molecule has 1 N–H and O–H groups in total. The Balaban J connectivity index is 2.44. The lowest BCUT2D eigenvalue weighted by Crippen LogP contribution is -2.43. The molecule has 0 spiro atoms. The Morgan fingerprint density at radius 1 is 1.39 bits per heavy atom. The van der Waals surface area contributed by atoms with Crippen LogP contribution in [0.2, 0.25) is 5.02 Å². The summed E-state index contributed by atoms with van der Waals surface area (Å²) in [6.07, 6.45) is -3.34. The van der Waals surface area contributed by atoms with Crippen molar-refractivity contribution < 1.29 is 21.6 Å². The summed E-state index contributed by atoms with van der Waals surface area (Å²) in [5.74, 6) is 0.0698. The predicted molar refractivity (Wildman–Crippen MR) is 81.9 cm³/mol. The molecule has 0 radical (unpaired) electrons. The topological polar surface area (TPSA) is 49.4 Å². The van der Waals surface area contributed by atoms with Gasteiger partial charge < -0.3 is 5.32 Å². The number of nitrogens with one attached hydrogen (secondary N) is 1.